The topological polar surface area (TPSA) is 117 Å². The number of nitrogens with one attached hydrogen (secondary N) is 1. The van der Waals surface area contributed by atoms with E-state index in [-0.39, 0.29) is 5.69 Å². The summed E-state index contributed by atoms with van der Waals surface area (Å²) < 4.78 is 5.28. The molecule has 9 nitrogen and oxygen atoms in total. The van der Waals surface area contributed by atoms with Crippen molar-refractivity contribution >= 4 is 23.5 Å². The normalized spacial score (nSPS) is 15.4. The zero-order valence-electron chi connectivity index (χ0n) is 15.0. The van der Waals surface area contributed by atoms with E-state index in [1.165, 1.54) is 12.3 Å². The fraction of sp³-hybridized carbons (Fsp3) is 0.263. The number of benzene rings is 2. The maximum Gasteiger partial charge on any atom is 0.293 e. The van der Waals surface area contributed by atoms with Crippen molar-refractivity contribution in [1.82, 2.24) is 5.43 Å². The lowest BCUT2D eigenvalue weighted by molar-refractivity contribution is -0.384. The molecule has 0 aliphatic carbocycles. The number of nitro benzene ring substituents is 1. The molecule has 2 N–H and O–H groups in total. The number of ether oxygens (including phenoxy) is 1. The number of carbonyl (C=O) groups excluding carboxylic acids is 1. The molecule has 0 aromatic heterocycles. The minimum atomic E-state index is -1.35. The summed E-state index contributed by atoms with van der Waals surface area (Å²) in [7, 11) is 0. The number of aliphatic hydroxyl groups excluding tert-OH is 1. The molecular formula is C19H20N4O5. The van der Waals surface area contributed by atoms with E-state index in [0.29, 0.717) is 43.1 Å². The van der Waals surface area contributed by atoms with Crippen molar-refractivity contribution < 1.29 is 19.6 Å². The monoisotopic (exact) mass is 384 g/mol. The highest BCUT2D eigenvalue weighted by Gasteiger charge is 2.21. The van der Waals surface area contributed by atoms with Crippen LogP contribution < -0.4 is 10.3 Å². The Morgan fingerprint density at radius 1 is 1.25 bits per heavy atom. The summed E-state index contributed by atoms with van der Waals surface area (Å²) in [5, 5.41) is 25.2. The molecule has 1 aliphatic heterocycles. The first-order valence-electron chi connectivity index (χ1n) is 8.73. The maximum absolute atomic E-state index is 12.0. The number of anilines is 1. The van der Waals surface area contributed by atoms with E-state index in [9.17, 15) is 20.0 Å². The predicted molar refractivity (Wildman–Crippen MR) is 103 cm³/mol. The number of morpholine rings is 1. The van der Waals surface area contributed by atoms with Crippen LogP contribution in [0.5, 0.6) is 0 Å². The lowest BCUT2D eigenvalue weighted by Gasteiger charge is -2.28. The number of amides is 1. The Morgan fingerprint density at radius 2 is 1.96 bits per heavy atom. The molecule has 1 amide bonds. The summed E-state index contributed by atoms with van der Waals surface area (Å²) in [6, 6.07) is 13.2. The van der Waals surface area contributed by atoms with Crippen molar-refractivity contribution in [1.29, 1.82) is 0 Å². The summed E-state index contributed by atoms with van der Waals surface area (Å²) in [5.41, 5.74) is 3.62. The van der Waals surface area contributed by atoms with Gasteiger partial charge in [0, 0.05) is 24.7 Å². The summed E-state index contributed by atoms with van der Waals surface area (Å²) in [5.74, 6) is -0.693. The smallest absolute Gasteiger partial charge is 0.293 e. The fourth-order valence-electron chi connectivity index (χ4n) is 2.86. The Morgan fingerprint density at radius 3 is 2.64 bits per heavy atom. The second-order valence-corrected chi connectivity index (χ2v) is 6.15. The van der Waals surface area contributed by atoms with Crippen LogP contribution >= 0.6 is 0 Å². The van der Waals surface area contributed by atoms with Crippen molar-refractivity contribution in [3.05, 3.63) is 69.8 Å². The van der Waals surface area contributed by atoms with Gasteiger partial charge in [0.05, 0.1) is 24.4 Å². The van der Waals surface area contributed by atoms with Gasteiger partial charge in [-0.2, -0.15) is 5.10 Å². The van der Waals surface area contributed by atoms with Gasteiger partial charge in [-0.3, -0.25) is 14.9 Å². The van der Waals surface area contributed by atoms with Gasteiger partial charge in [-0.25, -0.2) is 5.43 Å². The van der Waals surface area contributed by atoms with Crippen molar-refractivity contribution in [3.63, 3.8) is 0 Å². The number of aliphatic hydroxyl groups is 1. The quantitative estimate of drug-likeness (QED) is 0.444. The molecule has 0 saturated carbocycles. The van der Waals surface area contributed by atoms with Crippen LogP contribution in [-0.2, 0) is 9.53 Å². The standard InChI is InChI=1S/C19H20N4O5/c24-18(15-4-2-1-3-5-15)19(25)21-20-13-14-6-7-16(17(12-14)23(26)27)22-8-10-28-11-9-22/h1-7,12-13,18,24H,8-11H2,(H,21,25)/b20-13-/t18-/m1/s1. The molecule has 28 heavy (non-hydrogen) atoms. The minimum absolute atomic E-state index is 0.0403. The number of carbonyl (C=O) groups is 1. The van der Waals surface area contributed by atoms with Crippen molar-refractivity contribution in [2.75, 3.05) is 31.2 Å². The Labute approximate surface area is 161 Å². The predicted octanol–water partition coefficient (Wildman–Crippen LogP) is 1.62. The molecule has 2 aromatic carbocycles. The third-order valence-corrected chi connectivity index (χ3v) is 4.30. The Balaban J connectivity index is 1.69. The number of hydrogen-bond acceptors (Lipinski definition) is 7. The molecule has 0 spiro atoms. The van der Waals surface area contributed by atoms with Crippen LogP contribution in [-0.4, -0.2) is 48.5 Å². The van der Waals surface area contributed by atoms with Crippen molar-refractivity contribution in [2.24, 2.45) is 5.10 Å². The molecule has 1 aliphatic rings. The maximum atomic E-state index is 12.0. The average molecular weight is 384 g/mol. The van der Waals surface area contributed by atoms with Crippen LogP contribution in [0, 0.1) is 10.1 Å². The first-order chi connectivity index (χ1) is 13.6. The second-order valence-electron chi connectivity index (χ2n) is 6.15. The molecule has 1 atom stereocenters. The van der Waals surface area contributed by atoms with Crippen molar-refractivity contribution in [3.8, 4) is 0 Å². The summed E-state index contributed by atoms with van der Waals surface area (Å²) >= 11 is 0. The minimum Gasteiger partial charge on any atom is -0.378 e. The molecule has 1 fully saturated rings. The molecule has 3 rings (SSSR count). The summed E-state index contributed by atoms with van der Waals surface area (Å²) in [4.78, 5) is 24.9. The highest BCUT2D eigenvalue weighted by molar-refractivity contribution is 5.86. The molecule has 1 heterocycles. The van der Waals surface area contributed by atoms with E-state index in [0.717, 1.165) is 0 Å². The second kappa shape index (κ2) is 9.07. The van der Waals surface area contributed by atoms with Gasteiger partial charge in [0.1, 0.15) is 5.69 Å². The van der Waals surface area contributed by atoms with Crippen LogP contribution in [0.15, 0.2) is 53.6 Å². The largest absolute Gasteiger partial charge is 0.378 e. The Hall–Kier alpha value is -3.30. The van der Waals surface area contributed by atoms with E-state index < -0.39 is 16.9 Å². The Bertz CT molecular complexity index is 866. The SMILES string of the molecule is O=C(N/N=C\c1ccc(N2CCOCC2)c([N+](=O)[O-])c1)[C@H](O)c1ccccc1. The van der Waals surface area contributed by atoms with Gasteiger partial charge >= 0.3 is 0 Å². The molecular weight excluding hydrogens is 364 g/mol. The van der Waals surface area contributed by atoms with Gasteiger partial charge in [-0.1, -0.05) is 36.4 Å². The number of nitrogens with zero attached hydrogens (tertiary/aromatic N) is 3. The number of nitro groups is 1. The van der Waals surface area contributed by atoms with Crippen LogP contribution in [0.2, 0.25) is 0 Å². The fourth-order valence-corrected chi connectivity index (χ4v) is 2.86. The Kier molecular flexibility index (Phi) is 6.30. The number of rotatable bonds is 6. The first-order valence-corrected chi connectivity index (χ1v) is 8.73. The molecule has 0 radical (unpaired) electrons. The molecule has 1 saturated heterocycles. The van der Waals surface area contributed by atoms with Crippen molar-refractivity contribution in [2.45, 2.75) is 6.10 Å². The lowest BCUT2D eigenvalue weighted by atomic mass is 10.1. The zero-order chi connectivity index (χ0) is 19.9. The van der Waals surface area contributed by atoms with Gasteiger partial charge in [0.2, 0.25) is 0 Å². The lowest BCUT2D eigenvalue weighted by Crippen LogP contribution is -2.36. The molecule has 0 bridgehead atoms. The number of hydrogen-bond donors (Lipinski definition) is 2. The van der Waals surface area contributed by atoms with Gasteiger partial charge in [-0.15, -0.1) is 0 Å². The first kappa shape index (κ1) is 19.5. The van der Waals surface area contributed by atoms with E-state index in [1.807, 2.05) is 4.90 Å². The highest BCUT2D eigenvalue weighted by atomic mass is 16.6. The van der Waals surface area contributed by atoms with Gasteiger partial charge in [0.15, 0.2) is 6.10 Å². The van der Waals surface area contributed by atoms with Crippen LogP contribution in [0.4, 0.5) is 11.4 Å². The van der Waals surface area contributed by atoms with E-state index in [4.69, 9.17) is 4.74 Å². The zero-order valence-corrected chi connectivity index (χ0v) is 15.0. The third-order valence-electron chi connectivity index (χ3n) is 4.30. The van der Waals surface area contributed by atoms with Crippen LogP contribution in [0.1, 0.15) is 17.2 Å². The molecule has 9 heteroatoms. The average Bonchev–Trinajstić information content (AvgIpc) is 2.74. The van der Waals surface area contributed by atoms with Crippen LogP contribution in [0.25, 0.3) is 0 Å². The van der Waals surface area contributed by atoms with E-state index in [2.05, 4.69) is 10.5 Å². The van der Waals surface area contributed by atoms with Gasteiger partial charge in [-0.05, 0) is 11.6 Å². The van der Waals surface area contributed by atoms with E-state index in [1.54, 1.807) is 42.5 Å². The van der Waals surface area contributed by atoms with Crippen LogP contribution in [0.3, 0.4) is 0 Å². The van der Waals surface area contributed by atoms with Gasteiger partial charge in [0.25, 0.3) is 11.6 Å². The summed E-state index contributed by atoms with van der Waals surface area (Å²) in [6.45, 7) is 2.22. The molecule has 146 valence electrons. The van der Waals surface area contributed by atoms with E-state index >= 15 is 0 Å². The molecule has 0 unspecified atom stereocenters. The van der Waals surface area contributed by atoms with Gasteiger partial charge < -0.3 is 14.7 Å². The summed E-state index contributed by atoms with van der Waals surface area (Å²) in [6.07, 6.45) is -0.0532. The highest BCUT2D eigenvalue weighted by Crippen LogP contribution is 2.29. The molecule has 2 aromatic rings. The number of hydrazone groups is 1. The third kappa shape index (κ3) is 4.70.